The van der Waals surface area contributed by atoms with Crippen molar-refractivity contribution in [2.45, 2.75) is 25.5 Å². The average Bonchev–Trinajstić information content (AvgIpc) is 3.18. The molecule has 0 saturated carbocycles. The summed E-state index contributed by atoms with van der Waals surface area (Å²) in [5, 5.41) is 8.41. The molecule has 2 N–H and O–H groups in total. The molecule has 0 amide bonds. The van der Waals surface area contributed by atoms with Crippen LogP contribution >= 0.6 is 11.9 Å². The molecular formula is C22H25N7OS. The van der Waals surface area contributed by atoms with Crippen LogP contribution in [0.1, 0.15) is 20.8 Å². The van der Waals surface area contributed by atoms with Crippen molar-refractivity contribution in [3.8, 4) is 16.9 Å². The van der Waals surface area contributed by atoms with Crippen LogP contribution in [0.3, 0.4) is 0 Å². The van der Waals surface area contributed by atoms with Crippen LogP contribution < -0.4 is 14.8 Å². The van der Waals surface area contributed by atoms with Gasteiger partial charge in [-0.1, -0.05) is 6.07 Å². The molecule has 4 rings (SSSR count). The van der Waals surface area contributed by atoms with Crippen molar-refractivity contribution in [1.82, 2.24) is 24.7 Å². The van der Waals surface area contributed by atoms with Crippen LogP contribution in [0.25, 0.3) is 22.0 Å². The normalized spacial score (nSPS) is 11.5. The number of nitrogens with one attached hydrogen (secondary N) is 2. The Bertz CT molecular complexity index is 1220. The van der Waals surface area contributed by atoms with E-state index < -0.39 is 0 Å². The molecule has 31 heavy (non-hydrogen) atoms. The average molecular weight is 436 g/mol. The highest BCUT2D eigenvalue weighted by atomic mass is 32.2. The fraction of sp³-hybridized carbons (Fsp3) is 0.273. The first kappa shape index (κ1) is 20.9. The predicted octanol–water partition coefficient (Wildman–Crippen LogP) is 5.04. The quantitative estimate of drug-likeness (QED) is 0.407. The number of hydrogen-bond acceptors (Lipinski definition) is 8. The van der Waals surface area contributed by atoms with E-state index in [0.717, 1.165) is 27.7 Å². The Morgan fingerprint density at radius 1 is 1.06 bits per heavy atom. The maximum absolute atomic E-state index is 5.60. The second-order valence-corrected chi connectivity index (χ2v) is 9.68. The van der Waals surface area contributed by atoms with Gasteiger partial charge in [0.1, 0.15) is 11.3 Å². The molecule has 0 radical (unpaired) electrons. The number of benzene rings is 1. The van der Waals surface area contributed by atoms with Crippen molar-refractivity contribution in [2.24, 2.45) is 7.05 Å². The zero-order valence-corrected chi connectivity index (χ0v) is 19.0. The maximum atomic E-state index is 5.60. The van der Waals surface area contributed by atoms with Crippen molar-refractivity contribution in [2.75, 3.05) is 17.1 Å². The van der Waals surface area contributed by atoms with Crippen LogP contribution in [0.15, 0.2) is 49.1 Å². The van der Waals surface area contributed by atoms with E-state index in [1.165, 1.54) is 0 Å². The summed E-state index contributed by atoms with van der Waals surface area (Å²) in [4.78, 5) is 13.6. The van der Waals surface area contributed by atoms with Crippen molar-refractivity contribution in [1.29, 1.82) is 0 Å². The topological polar surface area (TPSA) is 89.8 Å². The van der Waals surface area contributed by atoms with Gasteiger partial charge in [0.25, 0.3) is 0 Å². The van der Waals surface area contributed by atoms with Crippen LogP contribution in [-0.2, 0) is 7.05 Å². The summed E-state index contributed by atoms with van der Waals surface area (Å²) in [5.74, 6) is 1.87. The Hall–Kier alpha value is -3.33. The molecule has 0 fully saturated rings. The van der Waals surface area contributed by atoms with Crippen LogP contribution in [0, 0.1) is 0 Å². The number of pyridine rings is 1. The summed E-state index contributed by atoms with van der Waals surface area (Å²) in [6.45, 7) is 6.41. The van der Waals surface area contributed by atoms with Crippen LogP contribution in [0.4, 0.5) is 17.5 Å². The first-order valence-electron chi connectivity index (χ1n) is 9.82. The van der Waals surface area contributed by atoms with E-state index >= 15 is 0 Å². The molecule has 0 spiro atoms. The van der Waals surface area contributed by atoms with Gasteiger partial charge in [-0.05, 0) is 56.5 Å². The molecule has 0 atom stereocenters. The van der Waals surface area contributed by atoms with Crippen molar-refractivity contribution >= 4 is 40.3 Å². The molecule has 0 aliphatic rings. The van der Waals surface area contributed by atoms with Crippen LogP contribution in [0.2, 0.25) is 0 Å². The number of fused-ring (bicyclic) bond motifs is 1. The molecule has 0 bridgehead atoms. The Morgan fingerprint density at radius 3 is 2.61 bits per heavy atom. The molecule has 9 heteroatoms. The van der Waals surface area contributed by atoms with Crippen molar-refractivity contribution in [3.63, 3.8) is 0 Å². The fourth-order valence-electron chi connectivity index (χ4n) is 2.96. The number of aryl methyl sites for hydroxylation is 1. The minimum Gasteiger partial charge on any atom is -0.495 e. The van der Waals surface area contributed by atoms with Gasteiger partial charge in [-0.15, -0.1) is 0 Å². The molecule has 0 saturated heterocycles. The van der Waals surface area contributed by atoms with Gasteiger partial charge in [-0.3, -0.25) is 4.68 Å². The van der Waals surface area contributed by atoms with Gasteiger partial charge in [0.05, 0.1) is 19.0 Å². The second-order valence-electron chi connectivity index (χ2n) is 8.05. The van der Waals surface area contributed by atoms with E-state index in [4.69, 9.17) is 9.72 Å². The van der Waals surface area contributed by atoms with Gasteiger partial charge in [-0.2, -0.15) is 5.10 Å². The van der Waals surface area contributed by atoms with Crippen LogP contribution in [0.5, 0.6) is 5.75 Å². The summed E-state index contributed by atoms with van der Waals surface area (Å²) in [6.07, 6.45) is 7.33. The number of nitrogens with zero attached hydrogens (tertiary/aromatic N) is 5. The smallest absolute Gasteiger partial charge is 0.227 e. The van der Waals surface area contributed by atoms with Crippen molar-refractivity contribution in [3.05, 3.63) is 49.1 Å². The Labute approximate surface area is 185 Å². The molecule has 4 aromatic rings. The summed E-state index contributed by atoms with van der Waals surface area (Å²) >= 11 is 1.60. The van der Waals surface area contributed by atoms with E-state index in [2.05, 4.69) is 45.9 Å². The Morgan fingerprint density at radius 2 is 1.90 bits per heavy atom. The molecule has 1 aromatic carbocycles. The van der Waals surface area contributed by atoms with E-state index in [0.29, 0.717) is 17.5 Å². The maximum Gasteiger partial charge on any atom is 0.227 e. The molecule has 0 aliphatic heterocycles. The molecule has 3 aromatic heterocycles. The molecule has 8 nitrogen and oxygen atoms in total. The van der Waals surface area contributed by atoms with Gasteiger partial charge in [0.15, 0.2) is 5.82 Å². The lowest BCUT2D eigenvalue weighted by atomic mass is 10.1. The van der Waals surface area contributed by atoms with E-state index in [1.807, 2.05) is 43.7 Å². The van der Waals surface area contributed by atoms with Crippen molar-refractivity contribution < 1.29 is 4.74 Å². The molecular weight excluding hydrogens is 410 g/mol. The molecule has 160 valence electrons. The van der Waals surface area contributed by atoms with E-state index in [1.54, 1.807) is 36.1 Å². The van der Waals surface area contributed by atoms with Gasteiger partial charge in [0, 0.05) is 41.3 Å². The lowest BCUT2D eigenvalue weighted by Gasteiger charge is -2.18. The van der Waals surface area contributed by atoms with E-state index in [-0.39, 0.29) is 4.75 Å². The Kier molecular flexibility index (Phi) is 5.69. The van der Waals surface area contributed by atoms with Gasteiger partial charge < -0.3 is 14.8 Å². The highest BCUT2D eigenvalue weighted by Crippen LogP contribution is 2.33. The largest absolute Gasteiger partial charge is 0.495 e. The summed E-state index contributed by atoms with van der Waals surface area (Å²) in [7, 11) is 3.54. The van der Waals surface area contributed by atoms with Gasteiger partial charge in [0.2, 0.25) is 5.95 Å². The third-order valence-electron chi connectivity index (χ3n) is 4.44. The standard InChI is InChI=1S/C22H25N7OS/c1-22(2,3)31-28-20-19-15(8-9-23-20)11-24-21(27-19)26-17-7-6-14(10-18(17)30-5)16-12-25-29(4)13-16/h6-13H,1-5H3,(H,23,28)(H,24,26,27). The SMILES string of the molecule is COc1cc(-c2cnn(C)c2)ccc1Nc1ncc2ccnc(NSC(C)(C)C)c2n1. The summed E-state index contributed by atoms with van der Waals surface area (Å²) < 4.78 is 10.7. The number of rotatable bonds is 6. The van der Waals surface area contributed by atoms with Crippen LogP contribution in [-0.4, -0.2) is 36.6 Å². The van der Waals surface area contributed by atoms with Gasteiger partial charge in [-0.25, -0.2) is 15.0 Å². The summed E-state index contributed by atoms with van der Waals surface area (Å²) in [6, 6.07) is 7.83. The third kappa shape index (κ3) is 4.88. The zero-order valence-electron chi connectivity index (χ0n) is 18.2. The van der Waals surface area contributed by atoms with E-state index in [9.17, 15) is 0 Å². The zero-order chi connectivity index (χ0) is 22.0. The number of ether oxygens (including phenoxy) is 1. The first-order chi connectivity index (χ1) is 14.8. The highest BCUT2D eigenvalue weighted by molar-refractivity contribution is 8.01. The minimum absolute atomic E-state index is 0.0430. The minimum atomic E-state index is 0.0430. The second kappa shape index (κ2) is 8.43. The summed E-state index contributed by atoms with van der Waals surface area (Å²) in [5.41, 5.74) is 3.57. The third-order valence-corrected chi connectivity index (χ3v) is 5.35. The predicted molar refractivity (Wildman–Crippen MR) is 127 cm³/mol. The molecule has 0 unspecified atom stereocenters. The first-order valence-corrected chi connectivity index (χ1v) is 10.6. The highest BCUT2D eigenvalue weighted by Gasteiger charge is 2.14. The monoisotopic (exact) mass is 435 g/mol. The number of hydrogen-bond donors (Lipinski definition) is 2. The van der Waals surface area contributed by atoms with Gasteiger partial charge >= 0.3 is 0 Å². The lowest BCUT2D eigenvalue weighted by molar-refractivity contribution is 0.417. The molecule has 0 aliphatic carbocycles. The number of anilines is 3. The fourth-order valence-corrected chi connectivity index (χ4v) is 3.51. The Balaban J connectivity index is 1.63. The number of methoxy groups -OCH3 is 1. The number of aromatic nitrogens is 5. The molecule has 3 heterocycles. The lowest BCUT2D eigenvalue weighted by Crippen LogP contribution is -2.11.